The number of nitriles is 1. The van der Waals surface area contributed by atoms with Gasteiger partial charge in [-0.2, -0.15) is 5.26 Å². The van der Waals surface area contributed by atoms with Crippen LogP contribution >= 0.6 is 0 Å². The molecule has 3 fully saturated rings. The highest BCUT2D eigenvalue weighted by Gasteiger charge is 2.54. The van der Waals surface area contributed by atoms with Crippen LogP contribution in [0.3, 0.4) is 0 Å². The molecule has 1 amide bonds. The molecule has 5 heteroatoms. The fourth-order valence-electron chi connectivity index (χ4n) is 4.57. The summed E-state index contributed by atoms with van der Waals surface area (Å²) in [7, 11) is 0. The van der Waals surface area contributed by atoms with Crippen molar-refractivity contribution in [1.29, 1.82) is 5.26 Å². The van der Waals surface area contributed by atoms with Crippen molar-refractivity contribution in [3.05, 3.63) is 35.4 Å². The van der Waals surface area contributed by atoms with E-state index in [0.717, 1.165) is 32.2 Å². The van der Waals surface area contributed by atoms with E-state index in [9.17, 15) is 4.79 Å². The third-order valence-electron chi connectivity index (χ3n) is 6.19. The summed E-state index contributed by atoms with van der Waals surface area (Å²) in [6, 6.07) is 8.99. The van der Waals surface area contributed by atoms with Crippen LogP contribution in [0.4, 0.5) is 0 Å². The average Bonchev–Trinajstić information content (AvgIpc) is 3.30. The van der Waals surface area contributed by atoms with Crippen LogP contribution in [0.1, 0.15) is 48.0 Å². The zero-order valence-electron chi connectivity index (χ0n) is 15.2. The first-order valence-electron chi connectivity index (χ1n) is 9.71. The third kappa shape index (κ3) is 3.36. The molecule has 1 aromatic rings. The summed E-state index contributed by atoms with van der Waals surface area (Å²) in [5, 5.41) is 9.01. The summed E-state index contributed by atoms with van der Waals surface area (Å²) >= 11 is 0. The van der Waals surface area contributed by atoms with Gasteiger partial charge in [-0.1, -0.05) is 18.9 Å². The monoisotopic (exact) mass is 354 g/mol. The maximum absolute atomic E-state index is 12.7. The van der Waals surface area contributed by atoms with Crippen molar-refractivity contribution in [2.45, 2.75) is 37.7 Å². The number of amides is 1. The molecule has 1 atom stereocenters. The van der Waals surface area contributed by atoms with Gasteiger partial charge in [-0.05, 0) is 43.4 Å². The standard InChI is InChI=1S/C21H26N2O3/c22-11-17-6-3-7-18(10-17)20(24)23-14-21(15-23)19(8-9-26-21)13-25-12-16-4-1-2-5-16/h3,6-7,10,16,19H,1-2,4-5,8-9,12-15H2. The topological polar surface area (TPSA) is 62.6 Å². The Balaban J connectivity index is 1.31. The highest BCUT2D eigenvalue weighted by atomic mass is 16.5. The van der Waals surface area contributed by atoms with Crippen molar-refractivity contribution in [3.63, 3.8) is 0 Å². The number of benzene rings is 1. The molecule has 1 aromatic carbocycles. The number of hydrogen-bond donors (Lipinski definition) is 0. The summed E-state index contributed by atoms with van der Waals surface area (Å²) in [5.41, 5.74) is 0.866. The van der Waals surface area contributed by atoms with Gasteiger partial charge in [0, 0.05) is 24.7 Å². The molecule has 2 aliphatic heterocycles. The first-order valence-corrected chi connectivity index (χ1v) is 9.71. The molecular formula is C21H26N2O3. The van der Waals surface area contributed by atoms with Crippen molar-refractivity contribution in [3.8, 4) is 6.07 Å². The molecule has 0 aromatic heterocycles. The van der Waals surface area contributed by atoms with E-state index >= 15 is 0 Å². The minimum absolute atomic E-state index is 0.0196. The van der Waals surface area contributed by atoms with Gasteiger partial charge in [0.1, 0.15) is 5.60 Å². The fourth-order valence-corrected chi connectivity index (χ4v) is 4.57. The van der Waals surface area contributed by atoms with Crippen LogP contribution in [-0.2, 0) is 9.47 Å². The lowest BCUT2D eigenvalue weighted by atomic mass is 9.81. The maximum Gasteiger partial charge on any atom is 0.254 e. The Morgan fingerprint density at radius 1 is 1.27 bits per heavy atom. The van der Waals surface area contributed by atoms with E-state index in [1.54, 1.807) is 24.3 Å². The first kappa shape index (κ1) is 17.5. The summed E-state index contributed by atoms with van der Waals surface area (Å²) in [4.78, 5) is 14.5. The van der Waals surface area contributed by atoms with Crippen LogP contribution in [-0.4, -0.2) is 49.3 Å². The number of hydrogen-bond acceptors (Lipinski definition) is 4. The molecule has 1 saturated carbocycles. The Bertz CT molecular complexity index is 699. The largest absolute Gasteiger partial charge is 0.381 e. The fraction of sp³-hybridized carbons (Fsp3) is 0.619. The van der Waals surface area contributed by atoms with Gasteiger partial charge in [-0.25, -0.2) is 0 Å². The van der Waals surface area contributed by atoms with Crippen molar-refractivity contribution in [2.75, 3.05) is 32.9 Å². The zero-order chi connectivity index (χ0) is 18.0. The van der Waals surface area contributed by atoms with Gasteiger partial charge in [0.2, 0.25) is 0 Å². The van der Waals surface area contributed by atoms with E-state index in [1.165, 1.54) is 25.7 Å². The molecule has 0 bridgehead atoms. The molecule has 3 aliphatic rings. The SMILES string of the molecule is N#Cc1cccc(C(=O)N2CC3(C2)OCCC3COCC2CCCC2)c1. The van der Waals surface area contributed by atoms with Gasteiger partial charge >= 0.3 is 0 Å². The summed E-state index contributed by atoms with van der Waals surface area (Å²) in [5.74, 6) is 1.09. The van der Waals surface area contributed by atoms with E-state index in [-0.39, 0.29) is 11.5 Å². The Morgan fingerprint density at radius 3 is 2.85 bits per heavy atom. The van der Waals surface area contributed by atoms with Crippen molar-refractivity contribution >= 4 is 5.91 Å². The Hall–Kier alpha value is -1.90. The van der Waals surface area contributed by atoms with E-state index in [1.807, 2.05) is 4.90 Å². The molecular weight excluding hydrogens is 328 g/mol. The van der Waals surface area contributed by atoms with Crippen molar-refractivity contribution in [2.24, 2.45) is 11.8 Å². The third-order valence-corrected chi connectivity index (χ3v) is 6.19. The highest BCUT2D eigenvalue weighted by molar-refractivity contribution is 5.95. The second-order valence-electron chi connectivity index (χ2n) is 7.94. The average molecular weight is 354 g/mol. The lowest BCUT2D eigenvalue weighted by Gasteiger charge is -2.50. The summed E-state index contributed by atoms with van der Waals surface area (Å²) in [6.07, 6.45) is 6.30. The first-order chi connectivity index (χ1) is 12.7. The van der Waals surface area contributed by atoms with E-state index in [4.69, 9.17) is 14.7 Å². The Labute approximate surface area is 154 Å². The quantitative estimate of drug-likeness (QED) is 0.815. The molecule has 138 valence electrons. The molecule has 1 spiro atoms. The second kappa shape index (κ2) is 7.38. The molecule has 26 heavy (non-hydrogen) atoms. The number of rotatable bonds is 5. The second-order valence-corrected chi connectivity index (χ2v) is 7.94. The van der Waals surface area contributed by atoms with E-state index in [2.05, 4.69) is 6.07 Å². The molecule has 1 aliphatic carbocycles. The van der Waals surface area contributed by atoms with E-state index in [0.29, 0.717) is 30.1 Å². The van der Waals surface area contributed by atoms with Gasteiger partial charge in [-0.15, -0.1) is 0 Å². The van der Waals surface area contributed by atoms with Crippen LogP contribution in [0, 0.1) is 23.2 Å². The van der Waals surface area contributed by atoms with Crippen molar-refractivity contribution in [1.82, 2.24) is 4.90 Å². The molecule has 2 saturated heterocycles. The van der Waals surface area contributed by atoms with Crippen LogP contribution in [0.15, 0.2) is 24.3 Å². The zero-order valence-corrected chi connectivity index (χ0v) is 15.2. The smallest absolute Gasteiger partial charge is 0.254 e. The summed E-state index contributed by atoms with van der Waals surface area (Å²) in [6.45, 7) is 3.61. The Morgan fingerprint density at radius 2 is 2.08 bits per heavy atom. The summed E-state index contributed by atoms with van der Waals surface area (Å²) < 4.78 is 12.1. The van der Waals surface area contributed by atoms with Gasteiger partial charge in [0.15, 0.2) is 0 Å². The number of ether oxygens (including phenoxy) is 2. The van der Waals surface area contributed by atoms with Crippen LogP contribution in [0.2, 0.25) is 0 Å². The Kier molecular flexibility index (Phi) is 4.97. The van der Waals surface area contributed by atoms with Gasteiger partial charge in [0.05, 0.1) is 31.3 Å². The lowest BCUT2D eigenvalue weighted by molar-refractivity contribution is -0.129. The highest BCUT2D eigenvalue weighted by Crippen LogP contribution is 2.41. The maximum atomic E-state index is 12.7. The minimum Gasteiger partial charge on any atom is -0.381 e. The van der Waals surface area contributed by atoms with Crippen LogP contribution < -0.4 is 0 Å². The molecule has 0 radical (unpaired) electrons. The number of likely N-dealkylation sites (tertiary alicyclic amines) is 1. The number of nitrogens with zero attached hydrogens (tertiary/aromatic N) is 2. The van der Waals surface area contributed by atoms with Crippen LogP contribution in [0.5, 0.6) is 0 Å². The minimum atomic E-state index is -0.224. The lowest BCUT2D eigenvalue weighted by Crippen LogP contribution is -2.66. The predicted molar refractivity (Wildman–Crippen MR) is 96.6 cm³/mol. The molecule has 0 N–H and O–H groups in total. The van der Waals surface area contributed by atoms with Crippen molar-refractivity contribution < 1.29 is 14.3 Å². The number of carbonyl (C=O) groups excluding carboxylic acids is 1. The van der Waals surface area contributed by atoms with E-state index < -0.39 is 0 Å². The molecule has 4 rings (SSSR count). The molecule has 5 nitrogen and oxygen atoms in total. The molecule has 2 heterocycles. The van der Waals surface area contributed by atoms with Gasteiger partial charge in [0.25, 0.3) is 5.91 Å². The van der Waals surface area contributed by atoms with Gasteiger partial charge < -0.3 is 14.4 Å². The van der Waals surface area contributed by atoms with Gasteiger partial charge in [-0.3, -0.25) is 4.79 Å². The molecule has 1 unspecified atom stereocenters. The number of carbonyl (C=O) groups is 1. The normalized spacial score (nSPS) is 24.6. The predicted octanol–water partition coefficient (Wildman–Crippen LogP) is 3.00. The van der Waals surface area contributed by atoms with Crippen LogP contribution in [0.25, 0.3) is 0 Å².